The maximum absolute atomic E-state index is 12.2. The van der Waals surface area contributed by atoms with E-state index in [2.05, 4.69) is 15.5 Å². The third kappa shape index (κ3) is 3.97. The summed E-state index contributed by atoms with van der Waals surface area (Å²) in [5.41, 5.74) is 8.14. The number of carbonyl (C=O) groups excluding carboxylic acids is 1. The lowest BCUT2D eigenvalue weighted by atomic mass is 10.2. The third-order valence-corrected chi connectivity index (χ3v) is 4.74. The number of ether oxygens (including phenoxy) is 1. The zero-order valence-electron chi connectivity index (χ0n) is 14.5. The van der Waals surface area contributed by atoms with E-state index in [0.29, 0.717) is 28.1 Å². The average Bonchev–Trinajstić information content (AvgIpc) is 3.01. The number of amides is 1. The lowest BCUT2D eigenvalue weighted by molar-refractivity contribution is -0.113. The van der Waals surface area contributed by atoms with Crippen molar-refractivity contribution >= 4 is 29.0 Å². The van der Waals surface area contributed by atoms with Crippen LogP contribution in [0, 0.1) is 0 Å². The van der Waals surface area contributed by atoms with Gasteiger partial charge < -0.3 is 20.4 Å². The molecule has 0 radical (unpaired) electrons. The quantitative estimate of drug-likeness (QED) is 0.512. The van der Waals surface area contributed by atoms with Crippen LogP contribution >= 0.6 is 11.8 Å². The molecule has 3 N–H and O–H groups in total. The second-order valence-corrected chi connectivity index (χ2v) is 6.46. The standard InChI is InChI=1S/C18H19N5O2S/c1-23-17(14-8-3-4-9-15(14)19)21-22-18(23)26-11-16(24)20-12-6-5-7-13(10-12)25-2/h3-10H,11,19H2,1-2H3,(H,20,24). The van der Waals surface area contributed by atoms with Crippen molar-refractivity contribution in [3.63, 3.8) is 0 Å². The first kappa shape index (κ1) is 17.8. The van der Waals surface area contributed by atoms with E-state index < -0.39 is 0 Å². The fourth-order valence-electron chi connectivity index (χ4n) is 2.40. The minimum Gasteiger partial charge on any atom is -0.497 e. The Kier molecular flexibility index (Phi) is 5.43. The summed E-state index contributed by atoms with van der Waals surface area (Å²) in [5, 5.41) is 11.8. The van der Waals surface area contributed by atoms with Crippen molar-refractivity contribution in [3.05, 3.63) is 48.5 Å². The highest BCUT2D eigenvalue weighted by Crippen LogP contribution is 2.26. The predicted molar refractivity (Wildman–Crippen MR) is 103 cm³/mol. The van der Waals surface area contributed by atoms with E-state index in [1.165, 1.54) is 11.8 Å². The van der Waals surface area contributed by atoms with Crippen molar-refractivity contribution in [2.24, 2.45) is 7.05 Å². The topological polar surface area (TPSA) is 95.1 Å². The van der Waals surface area contributed by atoms with Crippen molar-refractivity contribution in [3.8, 4) is 17.1 Å². The minimum absolute atomic E-state index is 0.132. The molecular formula is C18H19N5O2S. The van der Waals surface area contributed by atoms with Crippen molar-refractivity contribution in [2.75, 3.05) is 23.9 Å². The molecular weight excluding hydrogens is 350 g/mol. The molecule has 1 heterocycles. The third-order valence-electron chi connectivity index (χ3n) is 3.72. The highest BCUT2D eigenvalue weighted by molar-refractivity contribution is 7.99. The van der Waals surface area contributed by atoms with Crippen molar-refractivity contribution in [1.29, 1.82) is 0 Å². The lowest BCUT2D eigenvalue weighted by Gasteiger charge is -2.07. The number of anilines is 2. The summed E-state index contributed by atoms with van der Waals surface area (Å²) in [6.07, 6.45) is 0. The predicted octanol–water partition coefficient (Wildman–Crippen LogP) is 2.80. The molecule has 0 saturated carbocycles. The molecule has 0 fully saturated rings. The Morgan fingerprint density at radius 3 is 2.81 bits per heavy atom. The van der Waals surface area contributed by atoms with E-state index >= 15 is 0 Å². The number of hydrogen-bond acceptors (Lipinski definition) is 6. The second-order valence-electron chi connectivity index (χ2n) is 5.52. The molecule has 0 bridgehead atoms. The van der Waals surface area contributed by atoms with Gasteiger partial charge in [0.05, 0.1) is 12.9 Å². The van der Waals surface area contributed by atoms with Gasteiger partial charge in [-0.05, 0) is 24.3 Å². The Labute approximate surface area is 155 Å². The maximum Gasteiger partial charge on any atom is 0.234 e. The van der Waals surface area contributed by atoms with E-state index in [9.17, 15) is 4.79 Å². The Hall–Kier alpha value is -3.00. The molecule has 8 heteroatoms. The molecule has 3 rings (SSSR count). The highest BCUT2D eigenvalue weighted by atomic mass is 32.2. The molecule has 0 atom stereocenters. The highest BCUT2D eigenvalue weighted by Gasteiger charge is 2.14. The molecule has 0 spiro atoms. The molecule has 0 aliphatic rings. The second kappa shape index (κ2) is 7.92. The number of thioether (sulfide) groups is 1. The summed E-state index contributed by atoms with van der Waals surface area (Å²) in [7, 11) is 3.44. The largest absolute Gasteiger partial charge is 0.497 e. The molecule has 26 heavy (non-hydrogen) atoms. The van der Waals surface area contributed by atoms with Gasteiger partial charge >= 0.3 is 0 Å². The fourth-order valence-corrected chi connectivity index (χ4v) is 3.11. The first-order valence-electron chi connectivity index (χ1n) is 7.89. The Morgan fingerprint density at radius 2 is 2.04 bits per heavy atom. The normalized spacial score (nSPS) is 10.5. The molecule has 0 saturated heterocycles. The molecule has 1 aromatic heterocycles. The number of nitrogens with two attached hydrogens (primary N) is 1. The van der Waals surface area contributed by atoms with Crippen LogP contribution in [0.4, 0.5) is 11.4 Å². The fraction of sp³-hybridized carbons (Fsp3) is 0.167. The van der Waals surface area contributed by atoms with Crippen molar-refractivity contribution in [1.82, 2.24) is 14.8 Å². The Morgan fingerprint density at radius 1 is 1.23 bits per heavy atom. The molecule has 0 aliphatic carbocycles. The summed E-state index contributed by atoms with van der Waals surface area (Å²) in [6, 6.07) is 14.7. The van der Waals surface area contributed by atoms with Crippen LogP contribution in [-0.4, -0.2) is 33.5 Å². The number of para-hydroxylation sites is 1. The summed E-state index contributed by atoms with van der Waals surface area (Å²) < 4.78 is 6.98. The van der Waals surface area contributed by atoms with E-state index in [1.807, 2.05) is 54.1 Å². The van der Waals surface area contributed by atoms with Gasteiger partial charge in [-0.15, -0.1) is 10.2 Å². The van der Waals surface area contributed by atoms with Crippen molar-refractivity contribution < 1.29 is 9.53 Å². The molecule has 0 aliphatic heterocycles. The Balaban J connectivity index is 1.65. The van der Waals surface area contributed by atoms with E-state index in [0.717, 1.165) is 5.56 Å². The molecule has 134 valence electrons. The van der Waals surface area contributed by atoms with E-state index in [1.54, 1.807) is 13.2 Å². The van der Waals surface area contributed by atoms with Gasteiger partial charge in [0.1, 0.15) is 5.75 Å². The number of nitrogens with zero attached hydrogens (tertiary/aromatic N) is 3. The van der Waals surface area contributed by atoms with Crippen LogP contribution in [0.15, 0.2) is 53.7 Å². The number of rotatable bonds is 6. The van der Waals surface area contributed by atoms with Gasteiger partial charge in [0.15, 0.2) is 11.0 Å². The zero-order chi connectivity index (χ0) is 18.5. The smallest absolute Gasteiger partial charge is 0.234 e. The number of nitrogen functional groups attached to an aromatic ring is 1. The monoisotopic (exact) mass is 369 g/mol. The summed E-state index contributed by atoms with van der Waals surface area (Å²) in [4.78, 5) is 12.2. The maximum atomic E-state index is 12.2. The number of methoxy groups -OCH3 is 1. The molecule has 0 unspecified atom stereocenters. The van der Waals surface area contributed by atoms with Gasteiger partial charge in [-0.1, -0.05) is 30.0 Å². The molecule has 7 nitrogen and oxygen atoms in total. The van der Waals surface area contributed by atoms with Crippen LogP contribution < -0.4 is 15.8 Å². The van der Waals surface area contributed by atoms with Crippen LogP contribution in [0.25, 0.3) is 11.4 Å². The van der Waals surface area contributed by atoms with E-state index in [-0.39, 0.29) is 11.7 Å². The minimum atomic E-state index is -0.132. The van der Waals surface area contributed by atoms with Gasteiger partial charge in [-0.2, -0.15) is 0 Å². The summed E-state index contributed by atoms with van der Waals surface area (Å²) in [5.74, 6) is 1.44. The number of benzene rings is 2. The Bertz CT molecular complexity index is 925. The van der Waals surface area contributed by atoms with Gasteiger partial charge in [-0.3, -0.25) is 4.79 Å². The summed E-state index contributed by atoms with van der Waals surface area (Å²) >= 11 is 1.31. The van der Waals surface area contributed by atoms with Crippen LogP contribution in [0.3, 0.4) is 0 Å². The van der Waals surface area contributed by atoms with Gasteiger partial charge in [0.2, 0.25) is 5.91 Å². The van der Waals surface area contributed by atoms with Crippen LogP contribution in [-0.2, 0) is 11.8 Å². The van der Waals surface area contributed by atoms with Crippen LogP contribution in [0.1, 0.15) is 0 Å². The van der Waals surface area contributed by atoms with Crippen LogP contribution in [0.5, 0.6) is 5.75 Å². The number of carbonyl (C=O) groups is 1. The lowest BCUT2D eigenvalue weighted by Crippen LogP contribution is -2.14. The van der Waals surface area contributed by atoms with Gasteiger partial charge in [0, 0.05) is 30.1 Å². The molecule has 3 aromatic rings. The van der Waals surface area contributed by atoms with Crippen LogP contribution in [0.2, 0.25) is 0 Å². The molecule has 1 amide bonds. The number of aromatic nitrogens is 3. The zero-order valence-corrected chi connectivity index (χ0v) is 15.3. The van der Waals surface area contributed by atoms with Gasteiger partial charge in [-0.25, -0.2) is 0 Å². The average molecular weight is 369 g/mol. The number of hydrogen-bond donors (Lipinski definition) is 2. The van der Waals surface area contributed by atoms with Crippen molar-refractivity contribution in [2.45, 2.75) is 5.16 Å². The van der Waals surface area contributed by atoms with E-state index in [4.69, 9.17) is 10.5 Å². The van der Waals surface area contributed by atoms with Gasteiger partial charge in [0.25, 0.3) is 0 Å². The number of nitrogens with one attached hydrogen (secondary N) is 1. The first-order chi connectivity index (χ1) is 12.6. The SMILES string of the molecule is COc1cccc(NC(=O)CSc2nnc(-c3ccccc3N)n2C)c1. The first-order valence-corrected chi connectivity index (χ1v) is 8.88. The summed E-state index contributed by atoms with van der Waals surface area (Å²) in [6.45, 7) is 0. The molecule has 2 aromatic carbocycles.